The fraction of sp³-hybridized carbons (Fsp3) is 0. The monoisotopic (exact) mass is 97.0 g/mol. The fourth-order valence-electron chi connectivity index (χ4n) is 0.523. The number of nitrogens with one attached hydrogen (secondary N) is 1. The van der Waals surface area contributed by atoms with Crippen LogP contribution in [0, 0.1) is 0 Å². The molecule has 36 valence electrons. The Kier molecular flexibility index (Phi) is 0.247. The standard InChI is InChI=1S/C3H3N3O/c4-1-2-5-3(6-2)7-1/h4H2,(H,5,6). The zero-order chi connectivity index (χ0) is 4.85. The Morgan fingerprint density at radius 2 is 2.43 bits per heavy atom. The number of nitrogens with zero attached hydrogens (tertiary/aromatic N) is 1. The van der Waals surface area contributed by atoms with Crippen molar-refractivity contribution in [3.05, 3.63) is 0 Å². The summed E-state index contributed by atoms with van der Waals surface area (Å²) in [6.45, 7) is 0. The fourth-order valence-corrected chi connectivity index (χ4v) is 0.523. The summed E-state index contributed by atoms with van der Waals surface area (Å²) < 4.78 is 4.73. The summed E-state index contributed by atoms with van der Waals surface area (Å²) in [5.41, 5.74) is 5.20. The van der Waals surface area contributed by atoms with E-state index in [1.54, 1.807) is 0 Å². The minimum atomic E-state index is 0.384. The zero-order valence-electron chi connectivity index (χ0n) is 3.43. The molecule has 0 fully saturated rings. The SMILES string of the molecule is Nc1oc2nc1N2. The van der Waals surface area contributed by atoms with E-state index in [0.29, 0.717) is 17.7 Å². The molecule has 1 aromatic rings. The van der Waals surface area contributed by atoms with Crippen molar-refractivity contribution in [3.63, 3.8) is 0 Å². The van der Waals surface area contributed by atoms with Crippen LogP contribution < -0.4 is 11.1 Å². The molecule has 2 aliphatic rings. The van der Waals surface area contributed by atoms with Crippen LogP contribution in [-0.2, 0) is 0 Å². The molecule has 2 bridgehead atoms. The van der Waals surface area contributed by atoms with Crippen LogP contribution in [0.5, 0.6) is 0 Å². The van der Waals surface area contributed by atoms with E-state index in [1.807, 2.05) is 0 Å². The summed E-state index contributed by atoms with van der Waals surface area (Å²) in [7, 11) is 0. The van der Waals surface area contributed by atoms with Gasteiger partial charge in [0.15, 0.2) is 0 Å². The molecule has 0 saturated heterocycles. The number of rotatable bonds is 0. The van der Waals surface area contributed by atoms with Crippen molar-refractivity contribution < 1.29 is 4.42 Å². The molecule has 0 radical (unpaired) electrons. The van der Waals surface area contributed by atoms with E-state index < -0.39 is 0 Å². The number of aromatic nitrogens is 1. The highest BCUT2D eigenvalue weighted by atomic mass is 16.4. The summed E-state index contributed by atoms with van der Waals surface area (Å²) in [6, 6.07) is 0.521. The third-order valence-electron chi connectivity index (χ3n) is 0.879. The number of nitrogens with two attached hydrogens (primary N) is 1. The first kappa shape index (κ1) is 2.90. The molecule has 0 spiro atoms. The lowest BCUT2D eigenvalue weighted by Crippen LogP contribution is -1.98. The Labute approximate surface area is 39.3 Å². The van der Waals surface area contributed by atoms with Gasteiger partial charge in [0.1, 0.15) is 0 Å². The third kappa shape index (κ3) is 0.173. The summed E-state index contributed by atoms with van der Waals surface area (Å²) in [4.78, 5) is 3.75. The molecule has 1 aromatic heterocycles. The van der Waals surface area contributed by atoms with Crippen LogP contribution in [0.25, 0.3) is 0 Å². The van der Waals surface area contributed by atoms with Crippen molar-refractivity contribution in [2.24, 2.45) is 0 Å². The molecule has 4 nitrogen and oxygen atoms in total. The summed E-state index contributed by atoms with van der Waals surface area (Å²) >= 11 is 0. The molecule has 7 heavy (non-hydrogen) atoms. The van der Waals surface area contributed by atoms with Crippen molar-refractivity contribution in [1.82, 2.24) is 4.98 Å². The molecule has 0 aliphatic carbocycles. The molecule has 3 rings (SSSR count). The van der Waals surface area contributed by atoms with Crippen LogP contribution in [0.3, 0.4) is 0 Å². The molecule has 3 heterocycles. The average molecular weight is 97.1 g/mol. The van der Waals surface area contributed by atoms with Gasteiger partial charge in [-0.1, -0.05) is 0 Å². The maximum Gasteiger partial charge on any atom is 0.304 e. The first-order chi connectivity index (χ1) is 3.36. The quantitative estimate of drug-likeness (QED) is 0.496. The average Bonchev–Trinajstić information content (AvgIpc) is 1.85. The second-order valence-corrected chi connectivity index (χ2v) is 1.36. The van der Waals surface area contributed by atoms with Crippen LogP contribution in [0.2, 0.25) is 0 Å². The molecule has 3 N–H and O–H groups in total. The smallest absolute Gasteiger partial charge is 0.304 e. The largest absolute Gasteiger partial charge is 0.405 e. The van der Waals surface area contributed by atoms with Gasteiger partial charge in [0, 0.05) is 0 Å². The van der Waals surface area contributed by atoms with E-state index in [-0.39, 0.29) is 0 Å². The highest BCUT2D eigenvalue weighted by Crippen LogP contribution is 2.33. The van der Waals surface area contributed by atoms with Crippen LogP contribution in [0.4, 0.5) is 17.7 Å². The highest BCUT2D eigenvalue weighted by Gasteiger charge is 2.20. The Balaban J connectivity index is 2.81. The van der Waals surface area contributed by atoms with E-state index in [0.717, 1.165) is 0 Å². The lowest BCUT2D eigenvalue weighted by atomic mass is 10.6. The van der Waals surface area contributed by atoms with Crippen molar-refractivity contribution in [1.29, 1.82) is 0 Å². The molecule has 2 aliphatic heterocycles. The van der Waals surface area contributed by atoms with Crippen molar-refractivity contribution in [2.75, 3.05) is 11.1 Å². The van der Waals surface area contributed by atoms with E-state index in [4.69, 9.17) is 10.2 Å². The van der Waals surface area contributed by atoms with Gasteiger partial charge in [-0.25, -0.2) is 0 Å². The highest BCUT2D eigenvalue weighted by molar-refractivity contribution is 5.70. The van der Waals surface area contributed by atoms with Crippen LogP contribution in [0.1, 0.15) is 0 Å². The van der Waals surface area contributed by atoms with Gasteiger partial charge in [0.2, 0.25) is 11.7 Å². The van der Waals surface area contributed by atoms with Crippen LogP contribution in [0.15, 0.2) is 4.42 Å². The summed E-state index contributed by atoms with van der Waals surface area (Å²) in [5.74, 6) is 1.05. The van der Waals surface area contributed by atoms with E-state index in [9.17, 15) is 0 Å². The van der Waals surface area contributed by atoms with Gasteiger partial charge in [0.05, 0.1) is 0 Å². The van der Waals surface area contributed by atoms with Gasteiger partial charge in [-0.05, 0) is 0 Å². The molecule has 0 amide bonds. The molecule has 0 saturated carbocycles. The van der Waals surface area contributed by atoms with Gasteiger partial charge in [-0.2, -0.15) is 4.98 Å². The number of hydrogen-bond acceptors (Lipinski definition) is 4. The lowest BCUT2D eigenvalue weighted by Gasteiger charge is -1.96. The number of oxazole rings is 1. The molecular weight excluding hydrogens is 94.1 g/mol. The Hall–Kier alpha value is -1.19. The Bertz CT molecular complexity index is 204. The first-order valence-corrected chi connectivity index (χ1v) is 1.89. The van der Waals surface area contributed by atoms with E-state index in [2.05, 4.69) is 10.3 Å². The molecule has 0 atom stereocenters. The minimum absolute atomic E-state index is 0.384. The Morgan fingerprint density at radius 1 is 1.71 bits per heavy atom. The molecule has 4 heteroatoms. The van der Waals surface area contributed by atoms with E-state index >= 15 is 0 Å². The zero-order valence-corrected chi connectivity index (χ0v) is 3.43. The second-order valence-electron chi connectivity index (χ2n) is 1.36. The number of fused-ring (bicyclic) bond motifs is 1. The normalized spacial score (nSPS) is 12.6. The predicted octanol–water partition coefficient (Wildman–Crippen LogP) is 0.314. The maximum atomic E-state index is 5.20. The van der Waals surface area contributed by atoms with Gasteiger partial charge in [-0.3, -0.25) is 5.32 Å². The topological polar surface area (TPSA) is 64.1 Å². The van der Waals surface area contributed by atoms with Crippen molar-refractivity contribution >= 4 is 17.7 Å². The van der Waals surface area contributed by atoms with Gasteiger partial charge >= 0.3 is 6.01 Å². The second kappa shape index (κ2) is 0.598. The number of anilines is 3. The summed E-state index contributed by atoms with van der Waals surface area (Å²) in [6.07, 6.45) is 0. The molecular formula is C3H3N3O. The number of nitrogen functional groups attached to an aromatic ring is 1. The minimum Gasteiger partial charge on any atom is -0.405 e. The third-order valence-corrected chi connectivity index (χ3v) is 0.879. The number of hydrogen-bond donors (Lipinski definition) is 2. The van der Waals surface area contributed by atoms with Crippen molar-refractivity contribution in [3.8, 4) is 0 Å². The molecule has 0 aromatic carbocycles. The summed E-state index contributed by atoms with van der Waals surface area (Å²) in [5, 5.41) is 2.75. The Morgan fingerprint density at radius 3 is 2.57 bits per heavy atom. The van der Waals surface area contributed by atoms with Crippen molar-refractivity contribution in [2.45, 2.75) is 0 Å². The van der Waals surface area contributed by atoms with E-state index in [1.165, 1.54) is 0 Å². The molecule has 0 unspecified atom stereocenters. The van der Waals surface area contributed by atoms with Crippen LogP contribution >= 0.6 is 0 Å². The van der Waals surface area contributed by atoms with Gasteiger partial charge in [0.25, 0.3) is 0 Å². The maximum absolute atomic E-state index is 5.20. The predicted molar refractivity (Wildman–Crippen MR) is 24.2 cm³/mol. The first-order valence-electron chi connectivity index (χ1n) is 1.89. The van der Waals surface area contributed by atoms with Gasteiger partial charge in [-0.15, -0.1) is 0 Å². The van der Waals surface area contributed by atoms with Gasteiger partial charge < -0.3 is 10.2 Å². The lowest BCUT2D eigenvalue weighted by molar-refractivity contribution is 0.605. The van der Waals surface area contributed by atoms with Crippen LogP contribution in [-0.4, -0.2) is 4.98 Å².